The lowest BCUT2D eigenvalue weighted by Crippen LogP contribution is -2.40. The molecule has 5 rings (SSSR count). The molecule has 2 aromatic heterocycles. The molecule has 194 valence electrons. The second-order valence-electron chi connectivity index (χ2n) is 9.07. The zero-order valence-electron chi connectivity index (χ0n) is 21.2. The van der Waals surface area contributed by atoms with Gasteiger partial charge in [0.25, 0.3) is 5.91 Å². The smallest absolute Gasteiger partial charge is 0.309 e. The van der Waals surface area contributed by atoms with Gasteiger partial charge in [0, 0.05) is 18.7 Å². The molecule has 1 aliphatic heterocycles. The fourth-order valence-electron chi connectivity index (χ4n) is 4.46. The topological polar surface area (TPSA) is 85.5 Å². The number of hydrogen-bond acceptors (Lipinski definition) is 7. The molecule has 4 aromatic rings. The maximum Gasteiger partial charge on any atom is 0.309 e. The molecule has 0 radical (unpaired) electrons. The number of hydrogen-bond donors (Lipinski definition) is 0. The van der Waals surface area contributed by atoms with Crippen LogP contribution < -0.4 is 0 Å². The third kappa shape index (κ3) is 6.14. The van der Waals surface area contributed by atoms with Crippen LogP contribution >= 0.6 is 11.8 Å². The zero-order chi connectivity index (χ0) is 26.3. The standard InChI is InChI=1S/C30H29N3O4S/c1-2-36-30(35)24-16-18-33(19-17-24)29(34)27-14-12-25(37-27)20-38-28-15-13-26(31-32-28)23-10-8-22(9-11-23)21-6-4-3-5-7-21/h3-15,24H,2,16-20H2,1H3. The van der Waals surface area contributed by atoms with Crippen molar-refractivity contribution < 1.29 is 18.7 Å². The van der Waals surface area contributed by atoms with E-state index in [-0.39, 0.29) is 17.8 Å². The Hall–Kier alpha value is -3.91. The van der Waals surface area contributed by atoms with E-state index in [0.717, 1.165) is 21.8 Å². The molecule has 0 unspecified atom stereocenters. The molecular weight excluding hydrogens is 498 g/mol. The van der Waals surface area contributed by atoms with E-state index in [1.54, 1.807) is 17.9 Å². The fourth-order valence-corrected chi connectivity index (χ4v) is 5.17. The van der Waals surface area contributed by atoms with E-state index in [9.17, 15) is 9.59 Å². The molecule has 1 aliphatic rings. The van der Waals surface area contributed by atoms with Crippen LogP contribution in [0, 0.1) is 5.92 Å². The number of benzene rings is 2. The van der Waals surface area contributed by atoms with Crippen LogP contribution in [0.25, 0.3) is 22.4 Å². The third-order valence-electron chi connectivity index (χ3n) is 6.56. The molecule has 0 saturated carbocycles. The lowest BCUT2D eigenvalue weighted by molar-refractivity contribution is -0.149. The minimum atomic E-state index is -0.172. The minimum absolute atomic E-state index is 0.135. The summed E-state index contributed by atoms with van der Waals surface area (Å²) in [5.41, 5.74) is 4.16. The highest BCUT2D eigenvalue weighted by Gasteiger charge is 2.29. The fraction of sp³-hybridized carbons (Fsp3) is 0.267. The van der Waals surface area contributed by atoms with Crippen molar-refractivity contribution in [2.75, 3.05) is 19.7 Å². The summed E-state index contributed by atoms with van der Waals surface area (Å²) in [6.45, 7) is 3.22. The van der Waals surface area contributed by atoms with Crippen LogP contribution in [0.3, 0.4) is 0 Å². The van der Waals surface area contributed by atoms with E-state index < -0.39 is 0 Å². The number of piperidine rings is 1. The predicted octanol–water partition coefficient (Wildman–Crippen LogP) is 6.11. The number of esters is 1. The number of furan rings is 1. The van der Waals surface area contributed by atoms with E-state index in [1.165, 1.54) is 17.3 Å². The summed E-state index contributed by atoms with van der Waals surface area (Å²) in [4.78, 5) is 26.5. The first-order valence-electron chi connectivity index (χ1n) is 12.8. The zero-order valence-corrected chi connectivity index (χ0v) is 22.0. The summed E-state index contributed by atoms with van der Waals surface area (Å²) in [6, 6.07) is 26.0. The molecule has 0 N–H and O–H groups in total. The molecule has 7 nitrogen and oxygen atoms in total. The number of likely N-dealkylation sites (tertiary alicyclic amines) is 1. The highest BCUT2D eigenvalue weighted by Crippen LogP contribution is 2.27. The van der Waals surface area contributed by atoms with Gasteiger partial charge in [-0.1, -0.05) is 66.4 Å². The van der Waals surface area contributed by atoms with Crippen molar-refractivity contribution in [3.05, 3.63) is 90.4 Å². The van der Waals surface area contributed by atoms with Crippen molar-refractivity contribution >= 4 is 23.6 Å². The summed E-state index contributed by atoms with van der Waals surface area (Å²) in [5, 5.41) is 9.53. The Bertz CT molecular complexity index is 1360. The van der Waals surface area contributed by atoms with E-state index in [2.05, 4.69) is 46.6 Å². The van der Waals surface area contributed by atoms with Gasteiger partial charge in [-0.3, -0.25) is 9.59 Å². The van der Waals surface area contributed by atoms with Crippen LogP contribution in [0.5, 0.6) is 0 Å². The molecule has 0 spiro atoms. The van der Waals surface area contributed by atoms with Crippen LogP contribution in [0.2, 0.25) is 0 Å². The van der Waals surface area contributed by atoms with Crippen LogP contribution in [0.1, 0.15) is 36.1 Å². The molecule has 2 aromatic carbocycles. The van der Waals surface area contributed by atoms with Crippen LogP contribution in [0.15, 0.2) is 88.3 Å². The Morgan fingerprint density at radius 1 is 0.895 bits per heavy atom. The lowest BCUT2D eigenvalue weighted by atomic mass is 9.97. The van der Waals surface area contributed by atoms with E-state index >= 15 is 0 Å². The summed E-state index contributed by atoms with van der Waals surface area (Å²) in [5.74, 6) is 1.10. The Morgan fingerprint density at radius 3 is 2.29 bits per heavy atom. The van der Waals surface area contributed by atoms with Crippen LogP contribution in [-0.2, 0) is 15.3 Å². The molecule has 0 aliphatic carbocycles. The normalized spacial score (nSPS) is 13.9. The van der Waals surface area contributed by atoms with Gasteiger partial charge >= 0.3 is 5.97 Å². The average Bonchev–Trinajstić information content (AvgIpc) is 3.46. The highest BCUT2D eigenvalue weighted by molar-refractivity contribution is 7.98. The summed E-state index contributed by atoms with van der Waals surface area (Å²) in [6.07, 6.45) is 1.22. The molecule has 1 amide bonds. The molecule has 1 saturated heterocycles. The maximum absolute atomic E-state index is 12.9. The molecular formula is C30H29N3O4S. The molecule has 1 fully saturated rings. The van der Waals surface area contributed by atoms with Crippen molar-refractivity contribution in [2.45, 2.75) is 30.5 Å². The number of thioether (sulfide) groups is 1. The first-order valence-corrected chi connectivity index (χ1v) is 13.8. The maximum atomic E-state index is 12.9. The van der Waals surface area contributed by atoms with E-state index in [1.807, 2.05) is 36.4 Å². The number of rotatable bonds is 8. The van der Waals surface area contributed by atoms with E-state index in [0.29, 0.717) is 49.8 Å². The lowest BCUT2D eigenvalue weighted by Gasteiger charge is -2.30. The quantitative estimate of drug-likeness (QED) is 0.202. The molecule has 0 atom stereocenters. The Labute approximate surface area is 226 Å². The number of ether oxygens (including phenoxy) is 1. The second-order valence-corrected chi connectivity index (χ2v) is 10.1. The molecule has 3 heterocycles. The van der Waals surface area contributed by atoms with Crippen molar-refractivity contribution in [1.82, 2.24) is 15.1 Å². The average molecular weight is 528 g/mol. The van der Waals surface area contributed by atoms with Gasteiger partial charge in [0.05, 0.1) is 24.0 Å². The first-order chi connectivity index (χ1) is 18.6. The molecule has 38 heavy (non-hydrogen) atoms. The second kappa shape index (κ2) is 12.1. The summed E-state index contributed by atoms with van der Waals surface area (Å²) in [7, 11) is 0. The first kappa shape index (κ1) is 25.7. The van der Waals surface area contributed by atoms with Gasteiger partial charge in [-0.25, -0.2) is 0 Å². The number of nitrogens with zero attached hydrogens (tertiary/aromatic N) is 3. The van der Waals surface area contributed by atoms with Gasteiger partial charge in [0.1, 0.15) is 10.8 Å². The minimum Gasteiger partial charge on any atom is -0.466 e. The summed E-state index contributed by atoms with van der Waals surface area (Å²) >= 11 is 1.50. The summed E-state index contributed by atoms with van der Waals surface area (Å²) < 4.78 is 10.9. The Balaban J connectivity index is 1.13. The third-order valence-corrected chi connectivity index (χ3v) is 7.51. The highest BCUT2D eigenvalue weighted by atomic mass is 32.2. The SMILES string of the molecule is CCOC(=O)C1CCN(C(=O)c2ccc(CSc3ccc(-c4ccc(-c5ccccc5)cc4)nn3)o2)CC1. The monoisotopic (exact) mass is 527 g/mol. The van der Waals surface area contributed by atoms with Gasteiger partial charge in [-0.2, -0.15) is 0 Å². The van der Waals surface area contributed by atoms with Gasteiger partial charge < -0.3 is 14.1 Å². The van der Waals surface area contributed by atoms with Gasteiger partial charge in [0.15, 0.2) is 5.76 Å². The molecule has 0 bridgehead atoms. The van der Waals surface area contributed by atoms with Crippen molar-refractivity contribution in [1.29, 1.82) is 0 Å². The van der Waals surface area contributed by atoms with Gasteiger partial charge in [-0.05, 0) is 55.2 Å². The molecule has 8 heteroatoms. The van der Waals surface area contributed by atoms with Crippen molar-refractivity contribution in [3.8, 4) is 22.4 Å². The van der Waals surface area contributed by atoms with Crippen molar-refractivity contribution in [3.63, 3.8) is 0 Å². The largest absolute Gasteiger partial charge is 0.466 e. The van der Waals surface area contributed by atoms with E-state index in [4.69, 9.17) is 9.15 Å². The van der Waals surface area contributed by atoms with Crippen LogP contribution in [0.4, 0.5) is 0 Å². The van der Waals surface area contributed by atoms with Gasteiger partial charge in [0.2, 0.25) is 0 Å². The van der Waals surface area contributed by atoms with Crippen molar-refractivity contribution in [2.24, 2.45) is 5.92 Å². The van der Waals surface area contributed by atoms with Gasteiger partial charge in [-0.15, -0.1) is 10.2 Å². The number of carbonyl (C=O) groups excluding carboxylic acids is 2. The Kier molecular flexibility index (Phi) is 8.19. The Morgan fingerprint density at radius 2 is 1.61 bits per heavy atom. The number of amides is 1. The number of aromatic nitrogens is 2. The van der Waals surface area contributed by atoms with Crippen LogP contribution in [-0.4, -0.2) is 46.7 Å². The predicted molar refractivity (Wildman–Crippen MR) is 146 cm³/mol. The number of carbonyl (C=O) groups is 2.